The van der Waals surface area contributed by atoms with Crippen molar-refractivity contribution in [3.63, 3.8) is 0 Å². The molecule has 144 valence electrons. The molecule has 0 unspecified atom stereocenters. The number of aryl methyl sites for hydroxylation is 3. The molecule has 2 aromatic heterocycles. The number of benzene rings is 2. The predicted octanol–water partition coefficient (Wildman–Crippen LogP) is 5.35. The molecule has 2 aromatic carbocycles. The fraction of sp³-hybridized carbons (Fsp3) is 0.120. The fourth-order valence-electron chi connectivity index (χ4n) is 3.60. The Balaban J connectivity index is 1.80. The summed E-state index contributed by atoms with van der Waals surface area (Å²) >= 11 is 0. The monoisotopic (exact) mass is 382 g/mol. The summed E-state index contributed by atoms with van der Waals surface area (Å²) in [6.07, 6.45) is 1.81. The zero-order valence-corrected chi connectivity index (χ0v) is 16.7. The van der Waals surface area contributed by atoms with Crippen LogP contribution >= 0.6 is 0 Å². The maximum absolute atomic E-state index is 13.3. The second-order valence-electron chi connectivity index (χ2n) is 7.32. The van der Waals surface area contributed by atoms with Crippen molar-refractivity contribution >= 4 is 22.9 Å². The van der Waals surface area contributed by atoms with Gasteiger partial charge in [-0.1, -0.05) is 54.1 Å². The van der Waals surface area contributed by atoms with Crippen molar-refractivity contribution in [3.05, 3.63) is 95.3 Å². The standard InChI is InChI=1S/C25H22N2O2/c1-16-10-12-19(13-11-16)21-15-20-9-4-5-14-27(20)23(21)24(28)25(29)26-22-17(2)7-6-8-18(22)3/h4-15H,1-3H3,(H,26,29). The molecule has 0 aliphatic heterocycles. The summed E-state index contributed by atoms with van der Waals surface area (Å²) in [5, 5.41) is 2.82. The molecule has 0 saturated carbocycles. The summed E-state index contributed by atoms with van der Waals surface area (Å²) in [5.74, 6) is -1.20. The lowest BCUT2D eigenvalue weighted by Gasteiger charge is -2.12. The molecule has 0 spiro atoms. The van der Waals surface area contributed by atoms with Crippen LogP contribution in [-0.4, -0.2) is 16.1 Å². The van der Waals surface area contributed by atoms with Gasteiger partial charge < -0.3 is 9.72 Å². The first-order chi connectivity index (χ1) is 14.0. The number of pyridine rings is 1. The normalized spacial score (nSPS) is 10.9. The molecular formula is C25H22N2O2. The van der Waals surface area contributed by atoms with Crippen LogP contribution in [0.4, 0.5) is 5.69 Å². The second kappa shape index (κ2) is 7.40. The second-order valence-corrected chi connectivity index (χ2v) is 7.32. The first-order valence-corrected chi connectivity index (χ1v) is 9.55. The van der Waals surface area contributed by atoms with Crippen molar-refractivity contribution in [1.82, 2.24) is 4.40 Å². The summed E-state index contributed by atoms with van der Waals surface area (Å²) in [4.78, 5) is 26.2. The highest BCUT2D eigenvalue weighted by molar-refractivity contribution is 6.47. The molecule has 0 aliphatic rings. The van der Waals surface area contributed by atoms with E-state index in [1.807, 2.05) is 93.7 Å². The molecule has 0 radical (unpaired) electrons. The largest absolute Gasteiger partial charge is 0.319 e. The number of carbonyl (C=O) groups excluding carboxylic acids is 2. The smallest absolute Gasteiger partial charge is 0.298 e. The van der Waals surface area contributed by atoms with Gasteiger partial charge in [0.15, 0.2) is 0 Å². The molecule has 4 aromatic rings. The molecule has 4 nitrogen and oxygen atoms in total. The zero-order chi connectivity index (χ0) is 20.5. The lowest BCUT2D eigenvalue weighted by molar-refractivity contribution is -0.112. The van der Waals surface area contributed by atoms with E-state index in [1.165, 1.54) is 0 Å². The van der Waals surface area contributed by atoms with E-state index in [2.05, 4.69) is 5.32 Å². The topological polar surface area (TPSA) is 50.6 Å². The van der Waals surface area contributed by atoms with E-state index >= 15 is 0 Å². The zero-order valence-electron chi connectivity index (χ0n) is 16.7. The highest BCUT2D eigenvalue weighted by Gasteiger charge is 2.25. The molecule has 0 atom stereocenters. The Kier molecular flexibility index (Phi) is 4.77. The number of nitrogens with one attached hydrogen (secondary N) is 1. The Hall–Kier alpha value is -3.66. The molecule has 0 fully saturated rings. The van der Waals surface area contributed by atoms with Crippen molar-refractivity contribution in [2.75, 3.05) is 5.32 Å². The maximum atomic E-state index is 13.3. The van der Waals surface area contributed by atoms with Gasteiger partial charge in [0.1, 0.15) is 5.69 Å². The third-order valence-electron chi connectivity index (χ3n) is 5.18. The van der Waals surface area contributed by atoms with E-state index in [9.17, 15) is 9.59 Å². The number of ketones is 1. The van der Waals surface area contributed by atoms with Crippen molar-refractivity contribution in [2.24, 2.45) is 0 Å². The quantitative estimate of drug-likeness (QED) is 0.382. The number of Topliss-reactive ketones (excluding diaryl/α,β-unsaturated/α-hetero) is 1. The van der Waals surface area contributed by atoms with Crippen LogP contribution in [0.2, 0.25) is 0 Å². The van der Waals surface area contributed by atoms with Crippen LogP contribution in [0.3, 0.4) is 0 Å². The van der Waals surface area contributed by atoms with Crippen LogP contribution in [0, 0.1) is 20.8 Å². The maximum Gasteiger partial charge on any atom is 0.298 e. The molecule has 0 bridgehead atoms. The van der Waals surface area contributed by atoms with Crippen molar-refractivity contribution in [1.29, 1.82) is 0 Å². The molecule has 4 heteroatoms. The molecule has 0 aliphatic carbocycles. The number of nitrogens with zero attached hydrogens (tertiary/aromatic N) is 1. The van der Waals surface area contributed by atoms with Crippen LogP contribution in [0.25, 0.3) is 16.6 Å². The van der Waals surface area contributed by atoms with E-state index in [1.54, 1.807) is 4.40 Å². The van der Waals surface area contributed by atoms with Crippen molar-refractivity contribution in [3.8, 4) is 11.1 Å². The van der Waals surface area contributed by atoms with Gasteiger partial charge in [0.25, 0.3) is 11.7 Å². The molecule has 4 rings (SSSR count). The minimum absolute atomic E-state index is 0.369. The van der Waals surface area contributed by atoms with E-state index in [0.717, 1.165) is 33.3 Å². The number of amides is 1. The van der Waals surface area contributed by atoms with Crippen LogP contribution < -0.4 is 5.32 Å². The number of fused-ring (bicyclic) bond motifs is 1. The Bertz CT molecular complexity index is 1210. The third-order valence-corrected chi connectivity index (χ3v) is 5.18. The SMILES string of the molecule is Cc1ccc(-c2cc3ccccn3c2C(=O)C(=O)Nc2c(C)cccc2C)cc1. The van der Waals surface area contributed by atoms with Crippen LogP contribution in [0.5, 0.6) is 0 Å². The van der Waals surface area contributed by atoms with Gasteiger partial charge in [-0.3, -0.25) is 9.59 Å². The Morgan fingerprint density at radius 3 is 2.21 bits per heavy atom. The number of hydrogen-bond donors (Lipinski definition) is 1. The van der Waals surface area contributed by atoms with Gasteiger partial charge in [0.05, 0.1) is 0 Å². The van der Waals surface area contributed by atoms with E-state index < -0.39 is 11.7 Å². The average molecular weight is 382 g/mol. The van der Waals surface area contributed by atoms with Gasteiger partial charge in [-0.2, -0.15) is 0 Å². The van der Waals surface area contributed by atoms with Gasteiger partial charge >= 0.3 is 0 Å². The van der Waals surface area contributed by atoms with Crippen LogP contribution in [-0.2, 0) is 4.79 Å². The molecular weight excluding hydrogens is 360 g/mol. The number of aromatic nitrogens is 1. The molecule has 2 heterocycles. The molecule has 1 amide bonds. The average Bonchev–Trinajstić information content (AvgIpc) is 3.10. The minimum atomic E-state index is -0.639. The van der Waals surface area contributed by atoms with Gasteiger partial charge in [0, 0.05) is 23.0 Å². The van der Waals surface area contributed by atoms with Gasteiger partial charge in [0.2, 0.25) is 0 Å². The van der Waals surface area contributed by atoms with Gasteiger partial charge in [-0.15, -0.1) is 0 Å². The van der Waals surface area contributed by atoms with Crippen molar-refractivity contribution in [2.45, 2.75) is 20.8 Å². The number of hydrogen-bond acceptors (Lipinski definition) is 2. The number of rotatable bonds is 4. The molecule has 29 heavy (non-hydrogen) atoms. The van der Waals surface area contributed by atoms with Gasteiger partial charge in [-0.05, 0) is 55.7 Å². The fourth-order valence-corrected chi connectivity index (χ4v) is 3.60. The Labute approximate surface area is 169 Å². The summed E-state index contributed by atoms with van der Waals surface area (Å²) in [7, 11) is 0. The Morgan fingerprint density at radius 2 is 1.52 bits per heavy atom. The van der Waals surface area contributed by atoms with E-state index in [0.29, 0.717) is 11.4 Å². The highest BCUT2D eigenvalue weighted by atomic mass is 16.2. The summed E-state index contributed by atoms with van der Waals surface area (Å²) < 4.78 is 1.78. The van der Waals surface area contributed by atoms with E-state index in [-0.39, 0.29) is 0 Å². The molecule has 1 N–H and O–H groups in total. The lowest BCUT2D eigenvalue weighted by Crippen LogP contribution is -2.25. The van der Waals surface area contributed by atoms with Crippen LogP contribution in [0.15, 0.2) is 72.9 Å². The van der Waals surface area contributed by atoms with Gasteiger partial charge in [-0.25, -0.2) is 0 Å². The lowest BCUT2D eigenvalue weighted by atomic mass is 10.0. The van der Waals surface area contributed by atoms with E-state index in [4.69, 9.17) is 0 Å². The predicted molar refractivity (Wildman–Crippen MR) is 116 cm³/mol. The summed E-state index contributed by atoms with van der Waals surface area (Å²) in [6, 6.07) is 21.4. The first kappa shape index (κ1) is 18.7. The van der Waals surface area contributed by atoms with Crippen LogP contribution in [0.1, 0.15) is 27.2 Å². The Morgan fingerprint density at radius 1 is 0.828 bits per heavy atom. The summed E-state index contributed by atoms with van der Waals surface area (Å²) in [6.45, 7) is 5.85. The summed E-state index contributed by atoms with van der Waals surface area (Å²) in [5.41, 5.74) is 6.55. The number of para-hydroxylation sites is 1. The third kappa shape index (κ3) is 3.45. The molecule has 0 saturated heterocycles. The highest BCUT2D eigenvalue weighted by Crippen LogP contribution is 2.29. The van der Waals surface area contributed by atoms with Crippen molar-refractivity contribution < 1.29 is 9.59 Å². The number of anilines is 1. The number of carbonyl (C=O) groups is 2. The first-order valence-electron chi connectivity index (χ1n) is 9.55. The minimum Gasteiger partial charge on any atom is -0.319 e.